The molecule has 46 valence electrons. The first-order valence-electron chi connectivity index (χ1n) is 3.05. The third-order valence-corrected chi connectivity index (χ3v) is 2.01. The zero-order valence-corrected chi connectivity index (χ0v) is 4.84. The van der Waals surface area contributed by atoms with Crippen molar-refractivity contribution in [3.8, 4) is 0 Å². The second kappa shape index (κ2) is 1.45. The standard InChI is InChI=1S/C6H10NO/c1-7-3-6-2-5(7)4-8-6/h5-6H,1-4H2/q-1. The maximum atomic E-state index is 5.34. The predicted octanol–water partition coefficient (Wildman–Crippen LogP) is 0.251. The predicted molar refractivity (Wildman–Crippen MR) is 30.2 cm³/mol. The summed E-state index contributed by atoms with van der Waals surface area (Å²) in [6.07, 6.45) is 1.72. The minimum absolute atomic E-state index is 0.512. The van der Waals surface area contributed by atoms with Crippen LogP contribution in [0.25, 0.3) is 0 Å². The van der Waals surface area contributed by atoms with Crippen LogP contribution in [-0.2, 0) is 4.74 Å². The minimum Gasteiger partial charge on any atom is -0.453 e. The second-order valence-corrected chi connectivity index (χ2v) is 2.62. The summed E-state index contributed by atoms with van der Waals surface area (Å²) in [7, 11) is 3.87. The van der Waals surface area contributed by atoms with Crippen LogP contribution in [0.3, 0.4) is 0 Å². The van der Waals surface area contributed by atoms with Crippen LogP contribution in [0.2, 0.25) is 0 Å². The summed E-state index contributed by atoms with van der Waals surface area (Å²) in [5.74, 6) is 0. The molecule has 0 spiro atoms. The third kappa shape index (κ3) is 0.501. The first kappa shape index (κ1) is 4.77. The van der Waals surface area contributed by atoms with E-state index in [2.05, 4.69) is 11.9 Å². The molecule has 0 N–H and O–H groups in total. The van der Waals surface area contributed by atoms with E-state index in [1.165, 1.54) is 6.42 Å². The van der Waals surface area contributed by atoms with Crippen molar-refractivity contribution in [3.63, 3.8) is 0 Å². The normalized spacial score (nSPS) is 46.1. The Morgan fingerprint density at radius 2 is 2.50 bits per heavy atom. The molecule has 2 heterocycles. The van der Waals surface area contributed by atoms with E-state index < -0.39 is 0 Å². The zero-order chi connectivity index (χ0) is 5.56. The molecule has 2 saturated heterocycles. The van der Waals surface area contributed by atoms with Crippen LogP contribution < -0.4 is 0 Å². The Morgan fingerprint density at radius 3 is 2.75 bits per heavy atom. The Kier molecular flexibility index (Phi) is 0.866. The maximum Gasteiger partial charge on any atom is 0.0693 e. The summed E-state index contributed by atoms with van der Waals surface area (Å²) in [4.78, 5) is 2.13. The molecule has 2 atom stereocenters. The average Bonchev–Trinajstić information content (AvgIpc) is 2.23. The van der Waals surface area contributed by atoms with Gasteiger partial charge in [0.2, 0.25) is 0 Å². The van der Waals surface area contributed by atoms with Crippen molar-refractivity contribution < 1.29 is 4.74 Å². The molecular formula is C6H10NO-. The van der Waals surface area contributed by atoms with Crippen LogP contribution in [0.1, 0.15) is 6.42 Å². The van der Waals surface area contributed by atoms with Gasteiger partial charge in [-0.15, -0.1) is 0 Å². The molecule has 2 fully saturated rings. The number of morpholine rings is 1. The molecule has 2 rings (SSSR count). The van der Waals surface area contributed by atoms with Crippen molar-refractivity contribution in [2.75, 3.05) is 13.2 Å². The molecule has 0 radical (unpaired) electrons. The highest BCUT2D eigenvalue weighted by atomic mass is 16.5. The molecule has 0 saturated carbocycles. The van der Waals surface area contributed by atoms with Crippen molar-refractivity contribution in [2.24, 2.45) is 0 Å². The van der Waals surface area contributed by atoms with Gasteiger partial charge in [0.25, 0.3) is 0 Å². The molecule has 2 aliphatic heterocycles. The number of ether oxygens (including phenoxy) is 1. The van der Waals surface area contributed by atoms with Crippen molar-refractivity contribution >= 4 is 0 Å². The van der Waals surface area contributed by atoms with E-state index in [0.29, 0.717) is 12.1 Å². The van der Waals surface area contributed by atoms with E-state index in [4.69, 9.17) is 4.74 Å². The van der Waals surface area contributed by atoms with E-state index in [1.54, 1.807) is 0 Å². The molecule has 2 nitrogen and oxygen atoms in total. The molecule has 2 heteroatoms. The van der Waals surface area contributed by atoms with Crippen molar-refractivity contribution in [1.82, 2.24) is 4.90 Å². The summed E-state index contributed by atoms with van der Waals surface area (Å²) in [6.45, 7) is 1.96. The molecule has 2 aliphatic rings. The van der Waals surface area contributed by atoms with Gasteiger partial charge in [-0.1, -0.05) is 0 Å². The molecule has 0 aromatic rings. The number of hydrogen-bond acceptors (Lipinski definition) is 2. The smallest absolute Gasteiger partial charge is 0.0693 e. The van der Waals surface area contributed by atoms with Crippen LogP contribution in [-0.4, -0.2) is 30.2 Å². The SMILES string of the molecule is [CH2-]N1CC2CC1CO2. The number of likely N-dealkylation sites (tertiary alicyclic amines) is 1. The van der Waals surface area contributed by atoms with Gasteiger partial charge >= 0.3 is 0 Å². The largest absolute Gasteiger partial charge is 0.453 e. The molecule has 0 aromatic heterocycles. The van der Waals surface area contributed by atoms with Crippen LogP contribution >= 0.6 is 0 Å². The molecule has 2 bridgehead atoms. The zero-order valence-electron chi connectivity index (χ0n) is 4.84. The number of nitrogens with zero attached hydrogens (tertiary/aromatic N) is 1. The van der Waals surface area contributed by atoms with Crippen molar-refractivity contribution in [2.45, 2.75) is 18.6 Å². The van der Waals surface area contributed by atoms with Gasteiger partial charge in [0.15, 0.2) is 0 Å². The summed E-state index contributed by atoms with van der Waals surface area (Å²) in [5.41, 5.74) is 0. The molecule has 2 unspecified atom stereocenters. The monoisotopic (exact) mass is 112 g/mol. The summed E-state index contributed by atoms with van der Waals surface area (Å²) < 4.78 is 5.34. The van der Waals surface area contributed by atoms with Crippen molar-refractivity contribution in [1.29, 1.82) is 0 Å². The molecule has 8 heavy (non-hydrogen) atoms. The van der Waals surface area contributed by atoms with Gasteiger partial charge in [-0.3, -0.25) is 7.05 Å². The van der Waals surface area contributed by atoms with Gasteiger partial charge in [-0.25, -0.2) is 0 Å². The number of hydrogen-bond donors (Lipinski definition) is 0. The summed E-state index contributed by atoms with van der Waals surface area (Å²) in [5, 5.41) is 0. The number of fused-ring (bicyclic) bond motifs is 2. The summed E-state index contributed by atoms with van der Waals surface area (Å²) in [6, 6.07) is 0.639. The third-order valence-electron chi connectivity index (χ3n) is 2.01. The fraction of sp³-hybridized carbons (Fsp3) is 0.833. The van der Waals surface area contributed by atoms with Gasteiger partial charge in [-0.05, 0) is 13.0 Å². The van der Waals surface area contributed by atoms with Crippen LogP contribution in [0.4, 0.5) is 0 Å². The first-order chi connectivity index (χ1) is 3.86. The lowest BCUT2D eigenvalue weighted by Gasteiger charge is -2.28. The van der Waals surface area contributed by atoms with Gasteiger partial charge in [0, 0.05) is 6.04 Å². The molecule has 0 aliphatic carbocycles. The first-order valence-corrected chi connectivity index (χ1v) is 3.05. The molecule has 0 aromatic carbocycles. The average molecular weight is 112 g/mol. The Hall–Kier alpha value is -0.0800. The van der Waals surface area contributed by atoms with E-state index in [1.807, 2.05) is 0 Å². The highest BCUT2D eigenvalue weighted by molar-refractivity contribution is 4.90. The quantitative estimate of drug-likeness (QED) is 0.416. The second-order valence-electron chi connectivity index (χ2n) is 2.62. The van der Waals surface area contributed by atoms with E-state index in [0.717, 1.165) is 13.2 Å². The highest BCUT2D eigenvalue weighted by Crippen LogP contribution is 2.26. The lowest BCUT2D eigenvalue weighted by atomic mass is 10.2. The van der Waals surface area contributed by atoms with Gasteiger partial charge in [-0.2, -0.15) is 0 Å². The Balaban J connectivity index is 2.11. The lowest BCUT2D eigenvalue weighted by molar-refractivity contribution is 0.0482. The fourth-order valence-corrected chi connectivity index (χ4v) is 1.48. The van der Waals surface area contributed by atoms with Crippen LogP contribution in [0.5, 0.6) is 0 Å². The lowest BCUT2D eigenvalue weighted by Crippen LogP contribution is -2.31. The highest BCUT2D eigenvalue weighted by Gasteiger charge is 2.32. The maximum absolute atomic E-state index is 5.34. The molecule has 0 amide bonds. The number of rotatable bonds is 0. The Bertz CT molecular complexity index is 103. The van der Waals surface area contributed by atoms with Gasteiger partial charge in [0.05, 0.1) is 12.7 Å². The minimum atomic E-state index is 0.512. The van der Waals surface area contributed by atoms with Gasteiger partial charge in [0.1, 0.15) is 0 Å². The van der Waals surface area contributed by atoms with Gasteiger partial charge < -0.3 is 9.64 Å². The van der Waals surface area contributed by atoms with Crippen LogP contribution in [0.15, 0.2) is 0 Å². The van der Waals surface area contributed by atoms with E-state index in [9.17, 15) is 0 Å². The summed E-state index contributed by atoms with van der Waals surface area (Å²) >= 11 is 0. The van der Waals surface area contributed by atoms with E-state index in [-0.39, 0.29) is 0 Å². The Labute approximate surface area is 49.4 Å². The van der Waals surface area contributed by atoms with Crippen LogP contribution in [0, 0.1) is 7.05 Å². The Morgan fingerprint density at radius 1 is 1.62 bits per heavy atom. The van der Waals surface area contributed by atoms with E-state index >= 15 is 0 Å². The fourth-order valence-electron chi connectivity index (χ4n) is 1.48. The topological polar surface area (TPSA) is 12.5 Å². The molecular weight excluding hydrogens is 102 g/mol. The van der Waals surface area contributed by atoms with Crippen molar-refractivity contribution in [3.05, 3.63) is 7.05 Å².